The van der Waals surface area contributed by atoms with Crippen LogP contribution in [-0.2, 0) is 4.74 Å². The summed E-state index contributed by atoms with van der Waals surface area (Å²) in [5, 5.41) is 8.68. The van der Waals surface area contributed by atoms with Gasteiger partial charge >= 0.3 is 6.03 Å². The summed E-state index contributed by atoms with van der Waals surface area (Å²) in [7, 11) is 1.66. The summed E-state index contributed by atoms with van der Waals surface area (Å²) in [4.78, 5) is 11.2. The summed E-state index contributed by atoms with van der Waals surface area (Å²) in [6.45, 7) is 4.10. The standard InChI is InChI=1S/C8H17N3O2/c1-3-10-8(12)11-6-4-9-5-7(6)13-2/h6-7,9H,3-5H2,1-2H3,(H2,10,11,12)/t6?,7-/m0/s1. The minimum Gasteiger partial charge on any atom is -0.378 e. The Morgan fingerprint density at radius 2 is 2.38 bits per heavy atom. The maximum atomic E-state index is 11.2. The molecule has 1 rings (SSSR count). The predicted octanol–water partition coefficient (Wildman–Crippen LogP) is -0.708. The third-order valence-electron chi connectivity index (χ3n) is 2.12. The van der Waals surface area contributed by atoms with E-state index >= 15 is 0 Å². The van der Waals surface area contributed by atoms with E-state index < -0.39 is 0 Å². The monoisotopic (exact) mass is 187 g/mol. The number of urea groups is 1. The molecule has 0 aromatic carbocycles. The van der Waals surface area contributed by atoms with E-state index in [4.69, 9.17) is 4.74 Å². The van der Waals surface area contributed by atoms with Gasteiger partial charge in [0.15, 0.2) is 0 Å². The van der Waals surface area contributed by atoms with E-state index in [-0.39, 0.29) is 18.2 Å². The van der Waals surface area contributed by atoms with Crippen LogP contribution in [0.1, 0.15) is 6.92 Å². The molecule has 0 aliphatic carbocycles. The van der Waals surface area contributed by atoms with Crippen molar-refractivity contribution in [1.29, 1.82) is 0 Å². The SMILES string of the molecule is CCNC(=O)NC1CNC[C@@H]1OC. The predicted molar refractivity (Wildman–Crippen MR) is 49.7 cm³/mol. The number of ether oxygens (including phenoxy) is 1. The number of rotatable bonds is 3. The first-order chi connectivity index (χ1) is 6.27. The highest BCUT2D eigenvalue weighted by molar-refractivity contribution is 5.74. The van der Waals surface area contributed by atoms with Gasteiger partial charge in [-0.15, -0.1) is 0 Å². The van der Waals surface area contributed by atoms with Crippen LogP contribution in [0.15, 0.2) is 0 Å². The molecular formula is C8H17N3O2. The lowest BCUT2D eigenvalue weighted by atomic mass is 10.2. The Morgan fingerprint density at radius 1 is 1.62 bits per heavy atom. The molecule has 5 heteroatoms. The minimum atomic E-state index is -0.127. The first-order valence-electron chi connectivity index (χ1n) is 4.55. The molecule has 1 saturated heterocycles. The van der Waals surface area contributed by atoms with E-state index in [0.29, 0.717) is 6.54 Å². The van der Waals surface area contributed by atoms with Crippen LogP contribution in [0.5, 0.6) is 0 Å². The Morgan fingerprint density at radius 3 is 3.00 bits per heavy atom. The fraction of sp³-hybridized carbons (Fsp3) is 0.875. The molecule has 1 unspecified atom stereocenters. The highest BCUT2D eigenvalue weighted by Crippen LogP contribution is 2.02. The first kappa shape index (κ1) is 10.3. The average molecular weight is 187 g/mol. The smallest absolute Gasteiger partial charge is 0.315 e. The molecule has 0 bridgehead atoms. The number of carbonyl (C=O) groups excluding carboxylic acids is 1. The Balaban J connectivity index is 2.30. The van der Waals surface area contributed by atoms with Crippen LogP contribution < -0.4 is 16.0 Å². The molecule has 1 fully saturated rings. The van der Waals surface area contributed by atoms with Gasteiger partial charge in [0.2, 0.25) is 0 Å². The van der Waals surface area contributed by atoms with Crippen LogP contribution in [0.25, 0.3) is 0 Å². The number of carbonyl (C=O) groups is 1. The number of methoxy groups -OCH3 is 1. The van der Waals surface area contributed by atoms with Crippen LogP contribution in [0, 0.1) is 0 Å². The molecule has 0 radical (unpaired) electrons. The second-order valence-electron chi connectivity index (χ2n) is 3.04. The van der Waals surface area contributed by atoms with Gasteiger partial charge < -0.3 is 20.7 Å². The molecule has 2 atom stereocenters. The second-order valence-corrected chi connectivity index (χ2v) is 3.04. The molecule has 0 aromatic rings. The van der Waals surface area contributed by atoms with E-state index in [2.05, 4.69) is 16.0 Å². The molecule has 5 nitrogen and oxygen atoms in total. The number of hydrogen-bond donors (Lipinski definition) is 3. The van der Waals surface area contributed by atoms with E-state index in [1.54, 1.807) is 7.11 Å². The van der Waals surface area contributed by atoms with E-state index in [9.17, 15) is 4.79 Å². The molecule has 1 aliphatic heterocycles. The van der Waals surface area contributed by atoms with Crippen LogP contribution in [0.3, 0.4) is 0 Å². The maximum Gasteiger partial charge on any atom is 0.315 e. The highest BCUT2D eigenvalue weighted by Gasteiger charge is 2.27. The van der Waals surface area contributed by atoms with Crippen molar-refractivity contribution in [3.63, 3.8) is 0 Å². The normalized spacial score (nSPS) is 27.2. The molecule has 76 valence electrons. The molecule has 0 saturated carbocycles. The largest absolute Gasteiger partial charge is 0.378 e. The Labute approximate surface area is 78.2 Å². The van der Waals surface area contributed by atoms with Crippen molar-refractivity contribution in [2.24, 2.45) is 0 Å². The van der Waals surface area contributed by atoms with Crippen molar-refractivity contribution >= 4 is 6.03 Å². The zero-order valence-corrected chi connectivity index (χ0v) is 8.09. The fourth-order valence-electron chi connectivity index (χ4n) is 1.43. The highest BCUT2D eigenvalue weighted by atomic mass is 16.5. The Bertz CT molecular complexity index is 175. The van der Waals surface area contributed by atoms with Gasteiger partial charge in [0, 0.05) is 26.7 Å². The number of amides is 2. The van der Waals surface area contributed by atoms with Gasteiger partial charge in [-0.2, -0.15) is 0 Å². The summed E-state index contributed by atoms with van der Waals surface area (Å²) < 4.78 is 5.20. The summed E-state index contributed by atoms with van der Waals surface area (Å²) in [6, 6.07) is -0.0465. The summed E-state index contributed by atoms with van der Waals surface area (Å²) in [5.74, 6) is 0. The summed E-state index contributed by atoms with van der Waals surface area (Å²) >= 11 is 0. The summed E-state index contributed by atoms with van der Waals surface area (Å²) in [6.07, 6.45) is 0.0857. The number of hydrogen-bond acceptors (Lipinski definition) is 3. The second kappa shape index (κ2) is 5.04. The average Bonchev–Trinajstić information content (AvgIpc) is 2.52. The third-order valence-corrected chi connectivity index (χ3v) is 2.12. The molecule has 13 heavy (non-hydrogen) atoms. The maximum absolute atomic E-state index is 11.2. The van der Waals surface area contributed by atoms with E-state index in [1.807, 2.05) is 6.92 Å². The quantitative estimate of drug-likeness (QED) is 0.547. The van der Waals surface area contributed by atoms with Gasteiger partial charge in [0.1, 0.15) is 0 Å². The van der Waals surface area contributed by atoms with Crippen molar-refractivity contribution in [1.82, 2.24) is 16.0 Å². The van der Waals surface area contributed by atoms with Crippen molar-refractivity contribution in [3.05, 3.63) is 0 Å². The van der Waals surface area contributed by atoms with Crippen molar-refractivity contribution in [2.75, 3.05) is 26.7 Å². The molecular weight excluding hydrogens is 170 g/mol. The van der Waals surface area contributed by atoms with Gasteiger partial charge in [0.05, 0.1) is 12.1 Å². The van der Waals surface area contributed by atoms with Crippen LogP contribution >= 0.6 is 0 Å². The molecule has 1 heterocycles. The molecule has 0 spiro atoms. The van der Waals surface area contributed by atoms with E-state index in [1.165, 1.54) is 0 Å². The van der Waals surface area contributed by atoms with Crippen LogP contribution in [0.4, 0.5) is 4.79 Å². The van der Waals surface area contributed by atoms with Gasteiger partial charge in [-0.3, -0.25) is 0 Å². The van der Waals surface area contributed by atoms with Gasteiger partial charge in [-0.1, -0.05) is 0 Å². The van der Waals surface area contributed by atoms with Crippen molar-refractivity contribution < 1.29 is 9.53 Å². The Hall–Kier alpha value is -0.810. The van der Waals surface area contributed by atoms with Gasteiger partial charge in [0.25, 0.3) is 0 Å². The lowest BCUT2D eigenvalue weighted by molar-refractivity contribution is 0.0984. The van der Waals surface area contributed by atoms with Gasteiger partial charge in [-0.25, -0.2) is 4.79 Å². The van der Waals surface area contributed by atoms with Crippen molar-refractivity contribution in [2.45, 2.75) is 19.1 Å². The molecule has 3 N–H and O–H groups in total. The van der Waals surface area contributed by atoms with E-state index in [0.717, 1.165) is 13.1 Å². The molecule has 0 aromatic heterocycles. The minimum absolute atomic E-state index is 0.0801. The zero-order valence-electron chi connectivity index (χ0n) is 8.09. The number of nitrogens with one attached hydrogen (secondary N) is 3. The topological polar surface area (TPSA) is 62.4 Å². The van der Waals surface area contributed by atoms with Crippen molar-refractivity contribution in [3.8, 4) is 0 Å². The first-order valence-corrected chi connectivity index (χ1v) is 4.55. The summed E-state index contributed by atoms with van der Waals surface area (Å²) in [5.41, 5.74) is 0. The molecule has 2 amide bonds. The Kier molecular flexibility index (Phi) is 3.98. The van der Waals surface area contributed by atoms with Gasteiger partial charge in [-0.05, 0) is 6.92 Å². The van der Waals surface area contributed by atoms with Crippen LogP contribution in [-0.4, -0.2) is 44.9 Å². The van der Waals surface area contributed by atoms with Crippen LogP contribution in [0.2, 0.25) is 0 Å². The molecule has 1 aliphatic rings. The fourth-order valence-corrected chi connectivity index (χ4v) is 1.43. The lowest BCUT2D eigenvalue weighted by Crippen LogP contribution is -2.47. The zero-order chi connectivity index (χ0) is 9.68. The lowest BCUT2D eigenvalue weighted by Gasteiger charge is -2.18. The third kappa shape index (κ3) is 2.86.